The molecule has 0 aromatic heterocycles. The molecule has 0 rings (SSSR count). The van der Waals surface area contributed by atoms with Crippen LogP contribution in [0.2, 0.25) is 0 Å². The SMILES string of the molecule is N=C(N[N+](=O)[O-])N(N)O[N+](=O)[O-]. The van der Waals surface area contributed by atoms with Crippen molar-refractivity contribution in [1.82, 2.24) is 10.6 Å². The Bertz CT molecular complexity index is 212. The molecule has 68 valence electrons. The van der Waals surface area contributed by atoms with E-state index in [2.05, 4.69) is 10.8 Å². The van der Waals surface area contributed by atoms with Gasteiger partial charge in [0.2, 0.25) is 0 Å². The van der Waals surface area contributed by atoms with Crippen molar-refractivity contribution in [3.05, 3.63) is 20.2 Å². The van der Waals surface area contributed by atoms with Gasteiger partial charge in [0.1, 0.15) is 0 Å². The van der Waals surface area contributed by atoms with Crippen LogP contribution in [0.5, 0.6) is 0 Å². The van der Waals surface area contributed by atoms with Gasteiger partial charge in [0.25, 0.3) is 5.96 Å². The summed E-state index contributed by atoms with van der Waals surface area (Å²) in [6.07, 6.45) is 0. The third-order valence-electron chi connectivity index (χ3n) is 0.572. The first kappa shape index (κ1) is 9.83. The van der Waals surface area contributed by atoms with Crippen molar-refractivity contribution in [3.8, 4) is 0 Å². The number of guanidine groups is 1. The van der Waals surface area contributed by atoms with E-state index in [0.717, 1.165) is 0 Å². The minimum absolute atomic E-state index is 0.206. The molecule has 0 unspecified atom stereocenters. The lowest BCUT2D eigenvalue weighted by molar-refractivity contribution is -0.804. The summed E-state index contributed by atoms with van der Waals surface area (Å²) in [5.41, 5.74) is 1.22. The fraction of sp³-hybridized carbons (Fsp3) is 0. The molecule has 0 bridgehead atoms. The maximum atomic E-state index is 9.65. The van der Waals surface area contributed by atoms with E-state index in [4.69, 9.17) is 5.41 Å². The number of nitrogens with zero attached hydrogens (tertiary/aromatic N) is 3. The van der Waals surface area contributed by atoms with E-state index in [1.54, 1.807) is 0 Å². The monoisotopic (exact) mass is 180 g/mol. The first-order valence-corrected chi connectivity index (χ1v) is 2.30. The van der Waals surface area contributed by atoms with Gasteiger partial charge in [-0.1, -0.05) is 5.43 Å². The molecule has 0 heterocycles. The van der Waals surface area contributed by atoms with Crippen molar-refractivity contribution < 1.29 is 15.1 Å². The molecule has 11 nitrogen and oxygen atoms in total. The fourth-order valence-corrected chi connectivity index (χ4v) is 0.248. The van der Waals surface area contributed by atoms with Gasteiger partial charge in [-0.05, 0) is 0 Å². The quantitative estimate of drug-likeness (QED) is 0.148. The molecule has 0 aromatic rings. The zero-order valence-electron chi connectivity index (χ0n) is 5.46. The van der Waals surface area contributed by atoms with Crippen molar-refractivity contribution in [2.24, 2.45) is 5.84 Å². The molecule has 4 N–H and O–H groups in total. The van der Waals surface area contributed by atoms with Crippen molar-refractivity contribution in [2.75, 3.05) is 0 Å². The lowest BCUT2D eigenvalue weighted by atomic mass is 11.0. The second-order valence-corrected chi connectivity index (χ2v) is 1.35. The number of hydrazine groups is 2. The van der Waals surface area contributed by atoms with Gasteiger partial charge in [0.15, 0.2) is 5.03 Å². The molecule has 0 amide bonds. The maximum Gasteiger partial charge on any atom is 0.318 e. The normalized spacial score (nSPS) is 8.42. The highest BCUT2D eigenvalue weighted by Gasteiger charge is 2.13. The summed E-state index contributed by atoms with van der Waals surface area (Å²) in [5, 5.41) is 23.2. The molecular formula is CH4N6O5. The van der Waals surface area contributed by atoms with E-state index in [0.29, 0.717) is 0 Å². The van der Waals surface area contributed by atoms with Crippen LogP contribution in [0.25, 0.3) is 0 Å². The second kappa shape index (κ2) is 3.87. The van der Waals surface area contributed by atoms with E-state index in [1.165, 1.54) is 5.43 Å². The van der Waals surface area contributed by atoms with Gasteiger partial charge in [-0.25, -0.2) is 16.0 Å². The summed E-state index contributed by atoms with van der Waals surface area (Å²) in [4.78, 5) is 22.7. The molecule has 0 spiro atoms. The average molecular weight is 180 g/mol. The minimum Gasteiger partial charge on any atom is -0.262 e. The van der Waals surface area contributed by atoms with Crippen LogP contribution in [0.3, 0.4) is 0 Å². The molecule has 0 atom stereocenters. The zero-order valence-corrected chi connectivity index (χ0v) is 5.46. The van der Waals surface area contributed by atoms with Gasteiger partial charge in [-0.2, -0.15) is 4.94 Å². The molecule has 12 heavy (non-hydrogen) atoms. The van der Waals surface area contributed by atoms with Crippen LogP contribution in [0, 0.1) is 25.6 Å². The molecule has 0 aliphatic rings. The number of hydroxylamine groups is 1. The molecule has 11 heteroatoms. The lowest BCUT2D eigenvalue weighted by Gasteiger charge is -2.10. The largest absolute Gasteiger partial charge is 0.318 e. The summed E-state index contributed by atoms with van der Waals surface area (Å²) in [6.45, 7) is 0. The summed E-state index contributed by atoms with van der Waals surface area (Å²) in [7, 11) is 0. The number of rotatable bonds is 3. The van der Waals surface area contributed by atoms with E-state index in [1.807, 2.05) is 0 Å². The Balaban J connectivity index is 3.93. The number of hydrogen-bond donors (Lipinski definition) is 3. The number of hydrogen-bond acceptors (Lipinski definition) is 7. The number of nitrogens with one attached hydrogen (secondary N) is 2. The second-order valence-electron chi connectivity index (χ2n) is 1.35. The van der Waals surface area contributed by atoms with Crippen LogP contribution < -0.4 is 11.3 Å². The molecule has 0 radical (unpaired) electrons. The Morgan fingerprint density at radius 3 is 2.42 bits per heavy atom. The maximum absolute atomic E-state index is 9.65. The third kappa shape index (κ3) is 3.78. The summed E-state index contributed by atoms with van der Waals surface area (Å²) < 4.78 is 0. The standard InChI is InChI=1S/CH4N6O5/c2-1(4-6(8)9)5(3)12-7(10)11/h3H2,(H2,2,4). The smallest absolute Gasteiger partial charge is 0.262 e. The van der Waals surface area contributed by atoms with E-state index < -0.39 is 16.1 Å². The highest BCUT2D eigenvalue weighted by Crippen LogP contribution is 1.80. The molecule has 0 aromatic carbocycles. The molecule has 0 saturated carbocycles. The Kier molecular flexibility index (Phi) is 3.17. The molecule has 0 fully saturated rings. The predicted octanol–water partition coefficient (Wildman–Crippen LogP) is -2.00. The highest BCUT2D eigenvalue weighted by molar-refractivity contribution is 5.73. The summed E-state index contributed by atoms with van der Waals surface area (Å²) in [6, 6.07) is 0. The van der Waals surface area contributed by atoms with Gasteiger partial charge in [0.05, 0.1) is 0 Å². The van der Waals surface area contributed by atoms with Gasteiger partial charge in [-0.3, -0.25) is 5.41 Å². The number of nitro groups is 1. The van der Waals surface area contributed by atoms with Gasteiger partial charge in [-0.15, -0.1) is 15.3 Å². The number of nitrogens with two attached hydrogens (primary N) is 1. The van der Waals surface area contributed by atoms with E-state index in [9.17, 15) is 20.2 Å². The van der Waals surface area contributed by atoms with Crippen LogP contribution in [-0.2, 0) is 4.94 Å². The lowest BCUT2D eigenvalue weighted by Crippen LogP contribution is -2.48. The first-order chi connectivity index (χ1) is 5.43. The Hall–Kier alpha value is -2.17. The molecule has 0 aliphatic carbocycles. The van der Waals surface area contributed by atoms with Gasteiger partial charge >= 0.3 is 5.09 Å². The minimum atomic E-state index is -1.32. The molecular weight excluding hydrogens is 176 g/mol. The van der Waals surface area contributed by atoms with Crippen LogP contribution >= 0.6 is 0 Å². The Labute approximate surface area is 64.3 Å². The predicted molar refractivity (Wildman–Crippen MR) is 32.0 cm³/mol. The molecule has 0 saturated heterocycles. The third-order valence-corrected chi connectivity index (χ3v) is 0.572. The van der Waals surface area contributed by atoms with Crippen LogP contribution in [0.4, 0.5) is 0 Å². The van der Waals surface area contributed by atoms with Gasteiger partial charge < -0.3 is 0 Å². The zero-order chi connectivity index (χ0) is 9.72. The van der Waals surface area contributed by atoms with Crippen molar-refractivity contribution in [3.63, 3.8) is 0 Å². The van der Waals surface area contributed by atoms with Crippen molar-refractivity contribution in [1.29, 1.82) is 5.41 Å². The summed E-state index contributed by atoms with van der Waals surface area (Å²) >= 11 is 0. The highest BCUT2D eigenvalue weighted by atomic mass is 17.0. The molecule has 0 aliphatic heterocycles. The average Bonchev–Trinajstić information content (AvgIpc) is 1.84. The van der Waals surface area contributed by atoms with Crippen molar-refractivity contribution in [2.45, 2.75) is 0 Å². The Morgan fingerprint density at radius 2 is 2.08 bits per heavy atom. The van der Waals surface area contributed by atoms with E-state index >= 15 is 0 Å². The first-order valence-electron chi connectivity index (χ1n) is 2.30. The summed E-state index contributed by atoms with van der Waals surface area (Å²) in [5.74, 6) is 3.57. The van der Waals surface area contributed by atoms with Crippen molar-refractivity contribution >= 4 is 5.96 Å². The van der Waals surface area contributed by atoms with Gasteiger partial charge in [0, 0.05) is 0 Å². The fourth-order valence-electron chi connectivity index (χ4n) is 0.248. The van der Waals surface area contributed by atoms with E-state index in [-0.39, 0.29) is 5.17 Å². The van der Waals surface area contributed by atoms with Crippen LogP contribution in [0.15, 0.2) is 0 Å². The van der Waals surface area contributed by atoms with Crippen LogP contribution in [0.1, 0.15) is 0 Å². The topological polar surface area (TPSA) is 161 Å². The van der Waals surface area contributed by atoms with Crippen LogP contribution in [-0.4, -0.2) is 21.3 Å². The Morgan fingerprint density at radius 1 is 1.58 bits per heavy atom.